The van der Waals surface area contributed by atoms with Crippen LogP contribution in [0.4, 0.5) is 23.4 Å². The number of aromatic amines is 1. The van der Waals surface area contributed by atoms with E-state index in [1.165, 1.54) is 12.1 Å². The number of nitrogens with two attached hydrogens (primary N) is 1. The van der Waals surface area contributed by atoms with Gasteiger partial charge in [0.1, 0.15) is 17.5 Å². The average molecular weight is 296 g/mol. The number of anilines is 1. The van der Waals surface area contributed by atoms with Gasteiger partial charge in [0.15, 0.2) is 5.65 Å². The maximum atomic E-state index is 14.0. The van der Waals surface area contributed by atoms with Gasteiger partial charge in [-0.2, -0.15) is 13.2 Å². The number of hydrogen-bond donors (Lipinski definition) is 2. The average Bonchev–Trinajstić information content (AvgIpc) is 2.80. The van der Waals surface area contributed by atoms with E-state index in [4.69, 9.17) is 5.73 Å². The molecule has 0 bridgehead atoms. The highest BCUT2D eigenvalue weighted by Gasteiger charge is 2.35. The molecule has 1 aromatic carbocycles. The third-order valence-corrected chi connectivity index (χ3v) is 2.93. The van der Waals surface area contributed by atoms with Gasteiger partial charge >= 0.3 is 6.18 Å². The monoisotopic (exact) mass is 296 g/mol. The van der Waals surface area contributed by atoms with Gasteiger partial charge in [0.2, 0.25) is 0 Å². The maximum absolute atomic E-state index is 14.0. The quantitative estimate of drug-likeness (QED) is 0.677. The van der Waals surface area contributed by atoms with Crippen molar-refractivity contribution in [3.05, 3.63) is 41.7 Å². The molecule has 0 aliphatic rings. The molecule has 2 heterocycles. The molecular formula is C13H8F4N4. The second-order valence-corrected chi connectivity index (χ2v) is 4.36. The Morgan fingerprint density at radius 2 is 1.81 bits per heavy atom. The lowest BCUT2D eigenvalue weighted by atomic mass is 10.1. The van der Waals surface area contributed by atoms with Gasteiger partial charge < -0.3 is 10.7 Å². The van der Waals surface area contributed by atoms with E-state index in [0.717, 1.165) is 6.07 Å². The Hall–Kier alpha value is -2.64. The number of alkyl halides is 3. The van der Waals surface area contributed by atoms with Crippen LogP contribution in [0.1, 0.15) is 5.56 Å². The summed E-state index contributed by atoms with van der Waals surface area (Å²) < 4.78 is 52.1. The first-order chi connectivity index (χ1) is 9.86. The number of nitrogen functional groups attached to an aromatic ring is 1. The van der Waals surface area contributed by atoms with Crippen LogP contribution in [0.2, 0.25) is 0 Å². The fraction of sp³-hybridized carbons (Fsp3) is 0.0769. The van der Waals surface area contributed by atoms with Crippen molar-refractivity contribution in [3.8, 4) is 11.4 Å². The SMILES string of the molecule is Nc1ccc2[nH]c(-c3cccc(C(F)(F)F)c3F)nc2n1. The molecule has 0 spiro atoms. The number of benzene rings is 1. The summed E-state index contributed by atoms with van der Waals surface area (Å²) in [7, 11) is 0. The molecule has 0 radical (unpaired) electrons. The van der Waals surface area contributed by atoms with Crippen LogP contribution in [0.3, 0.4) is 0 Å². The molecule has 21 heavy (non-hydrogen) atoms. The second kappa shape index (κ2) is 4.44. The fourth-order valence-electron chi connectivity index (χ4n) is 1.97. The van der Waals surface area contributed by atoms with E-state index in [1.54, 1.807) is 6.07 Å². The van der Waals surface area contributed by atoms with Crippen LogP contribution in [0, 0.1) is 5.82 Å². The highest BCUT2D eigenvalue weighted by atomic mass is 19.4. The van der Waals surface area contributed by atoms with Crippen LogP contribution in [0.25, 0.3) is 22.6 Å². The fourth-order valence-corrected chi connectivity index (χ4v) is 1.97. The van der Waals surface area contributed by atoms with Crippen molar-refractivity contribution in [2.24, 2.45) is 0 Å². The van der Waals surface area contributed by atoms with Crippen molar-refractivity contribution in [1.82, 2.24) is 15.0 Å². The zero-order valence-corrected chi connectivity index (χ0v) is 10.4. The highest BCUT2D eigenvalue weighted by Crippen LogP contribution is 2.35. The molecule has 4 nitrogen and oxygen atoms in total. The minimum absolute atomic E-state index is 0.0355. The Kier molecular flexibility index (Phi) is 2.82. The summed E-state index contributed by atoms with van der Waals surface area (Å²) in [5.41, 5.74) is 4.54. The zero-order chi connectivity index (χ0) is 15.2. The molecule has 0 saturated heterocycles. The number of aromatic nitrogens is 3. The van der Waals surface area contributed by atoms with E-state index in [2.05, 4.69) is 15.0 Å². The van der Waals surface area contributed by atoms with E-state index in [9.17, 15) is 17.6 Å². The van der Waals surface area contributed by atoms with Gasteiger partial charge in [-0.25, -0.2) is 14.4 Å². The Morgan fingerprint density at radius 1 is 1.05 bits per heavy atom. The first-order valence-electron chi connectivity index (χ1n) is 5.84. The molecule has 0 aliphatic heterocycles. The van der Waals surface area contributed by atoms with Gasteiger partial charge in [0, 0.05) is 0 Å². The molecule has 0 fully saturated rings. The van der Waals surface area contributed by atoms with Crippen molar-refractivity contribution >= 4 is 17.0 Å². The zero-order valence-electron chi connectivity index (χ0n) is 10.4. The first kappa shape index (κ1) is 13.3. The number of rotatable bonds is 1. The predicted octanol–water partition coefficient (Wildman–Crippen LogP) is 3.37. The number of hydrogen-bond acceptors (Lipinski definition) is 3. The van der Waals surface area contributed by atoms with Crippen molar-refractivity contribution in [3.63, 3.8) is 0 Å². The number of fused-ring (bicyclic) bond motifs is 1. The molecule has 8 heteroatoms. The summed E-state index contributed by atoms with van der Waals surface area (Å²) >= 11 is 0. The van der Waals surface area contributed by atoms with Crippen molar-refractivity contribution < 1.29 is 17.6 Å². The third kappa shape index (κ3) is 2.28. The van der Waals surface area contributed by atoms with Gasteiger partial charge in [-0.15, -0.1) is 0 Å². The topological polar surface area (TPSA) is 67.6 Å². The lowest BCUT2D eigenvalue weighted by molar-refractivity contribution is -0.139. The predicted molar refractivity (Wildman–Crippen MR) is 68.7 cm³/mol. The number of imidazole rings is 1. The van der Waals surface area contributed by atoms with Crippen molar-refractivity contribution in [1.29, 1.82) is 0 Å². The highest BCUT2D eigenvalue weighted by molar-refractivity contribution is 5.77. The third-order valence-electron chi connectivity index (χ3n) is 2.93. The van der Waals surface area contributed by atoms with Crippen LogP contribution >= 0.6 is 0 Å². The molecule has 108 valence electrons. The molecule has 3 rings (SSSR count). The molecule has 3 N–H and O–H groups in total. The lowest BCUT2D eigenvalue weighted by Crippen LogP contribution is -2.08. The molecule has 0 aliphatic carbocycles. The summed E-state index contributed by atoms with van der Waals surface area (Å²) in [4.78, 5) is 10.6. The van der Waals surface area contributed by atoms with Crippen LogP contribution in [-0.4, -0.2) is 15.0 Å². The number of halogens is 4. The van der Waals surface area contributed by atoms with E-state index in [0.29, 0.717) is 11.6 Å². The number of H-pyrrole nitrogens is 1. The molecule has 0 saturated carbocycles. The van der Waals surface area contributed by atoms with E-state index < -0.39 is 17.6 Å². The molecule has 0 atom stereocenters. The number of pyridine rings is 1. The molecule has 2 aromatic heterocycles. The van der Waals surface area contributed by atoms with E-state index in [-0.39, 0.29) is 22.9 Å². The summed E-state index contributed by atoms with van der Waals surface area (Å²) in [6.45, 7) is 0. The molecule has 0 unspecified atom stereocenters. The summed E-state index contributed by atoms with van der Waals surface area (Å²) in [6, 6.07) is 6.09. The van der Waals surface area contributed by atoms with Crippen LogP contribution < -0.4 is 5.73 Å². The lowest BCUT2D eigenvalue weighted by Gasteiger charge is -2.09. The Balaban J connectivity index is 2.19. The van der Waals surface area contributed by atoms with Crippen LogP contribution in [0.5, 0.6) is 0 Å². The van der Waals surface area contributed by atoms with Gasteiger partial charge in [-0.1, -0.05) is 6.07 Å². The van der Waals surface area contributed by atoms with Gasteiger partial charge in [-0.3, -0.25) is 0 Å². The Morgan fingerprint density at radius 3 is 2.52 bits per heavy atom. The molecule has 0 amide bonds. The minimum atomic E-state index is -4.77. The second-order valence-electron chi connectivity index (χ2n) is 4.36. The number of nitrogens with zero attached hydrogens (tertiary/aromatic N) is 2. The summed E-state index contributed by atoms with van der Waals surface area (Å²) in [6.07, 6.45) is -4.77. The van der Waals surface area contributed by atoms with Crippen molar-refractivity contribution in [2.75, 3.05) is 5.73 Å². The molecule has 3 aromatic rings. The van der Waals surface area contributed by atoms with Crippen LogP contribution in [0.15, 0.2) is 30.3 Å². The summed E-state index contributed by atoms with van der Waals surface area (Å²) in [5.74, 6) is -1.20. The van der Waals surface area contributed by atoms with E-state index in [1.807, 2.05) is 0 Å². The van der Waals surface area contributed by atoms with Gasteiger partial charge in [-0.05, 0) is 24.3 Å². The standard InChI is InChI=1S/C13H8F4N4/c14-10-6(2-1-3-7(10)13(15,16)17)11-19-8-4-5-9(18)20-12(8)21-11/h1-5H,(H3,18,19,20,21). The Bertz CT molecular complexity index is 823. The largest absolute Gasteiger partial charge is 0.419 e. The van der Waals surface area contributed by atoms with E-state index >= 15 is 0 Å². The van der Waals surface area contributed by atoms with Gasteiger partial charge in [0.25, 0.3) is 0 Å². The first-order valence-corrected chi connectivity index (χ1v) is 5.84. The minimum Gasteiger partial charge on any atom is -0.384 e. The van der Waals surface area contributed by atoms with Gasteiger partial charge in [0.05, 0.1) is 16.6 Å². The number of nitrogens with one attached hydrogen (secondary N) is 1. The maximum Gasteiger partial charge on any atom is 0.419 e. The normalized spacial score (nSPS) is 12.0. The molecular weight excluding hydrogens is 288 g/mol. The summed E-state index contributed by atoms with van der Waals surface area (Å²) in [5, 5.41) is 0. The van der Waals surface area contributed by atoms with Crippen LogP contribution in [-0.2, 0) is 6.18 Å². The smallest absolute Gasteiger partial charge is 0.384 e. The van der Waals surface area contributed by atoms with Crippen molar-refractivity contribution in [2.45, 2.75) is 6.18 Å². The Labute approximate surface area is 115 Å².